The van der Waals surface area contributed by atoms with E-state index in [0.717, 1.165) is 12.8 Å². The SMILES string of the molecule is CSC1(CNc2cccc(F)c2C(=O)O)CCCC1. The minimum atomic E-state index is -1.23. The Hall–Kier alpha value is -1.23. The summed E-state index contributed by atoms with van der Waals surface area (Å²) in [6.07, 6.45) is 6.74. The number of hydrogen-bond acceptors (Lipinski definition) is 3. The molecule has 2 N–H and O–H groups in total. The fourth-order valence-corrected chi connectivity index (χ4v) is 3.53. The Morgan fingerprint density at radius 3 is 2.74 bits per heavy atom. The molecule has 0 aromatic heterocycles. The maximum atomic E-state index is 13.6. The molecule has 0 radical (unpaired) electrons. The van der Waals surface area contributed by atoms with Crippen molar-refractivity contribution >= 4 is 23.4 Å². The zero-order valence-corrected chi connectivity index (χ0v) is 11.7. The molecule has 0 saturated heterocycles. The molecule has 0 atom stereocenters. The summed E-state index contributed by atoms with van der Waals surface area (Å²) >= 11 is 1.81. The number of carbonyl (C=O) groups is 1. The van der Waals surface area contributed by atoms with E-state index in [1.54, 1.807) is 6.07 Å². The van der Waals surface area contributed by atoms with Gasteiger partial charge in [0.2, 0.25) is 0 Å². The predicted octanol–water partition coefficient (Wildman–Crippen LogP) is 3.61. The molecular formula is C14H18FNO2S. The molecule has 2 rings (SSSR count). The fraction of sp³-hybridized carbons (Fsp3) is 0.500. The normalized spacial score (nSPS) is 17.4. The minimum absolute atomic E-state index is 0.155. The van der Waals surface area contributed by atoms with Crippen molar-refractivity contribution in [3.63, 3.8) is 0 Å². The van der Waals surface area contributed by atoms with E-state index in [1.807, 2.05) is 11.8 Å². The fourth-order valence-electron chi connectivity index (χ4n) is 2.62. The van der Waals surface area contributed by atoms with Crippen LogP contribution in [0.25, 0.3) is 0 Å². The van der Waals surface area contributed by atoms with Crippen LogP contribution in [-0.2, 0) is 0 Å². The molecule has 1 aromatic rings. The van der Waals surface area contributed by atoms with Gasteiger partial charge in [0.05, 0.1) is 5.69 Å². The van der Waals surface area contributed by atoms with Crippen LogP contribution in [-0.4, -0.2) is 28.6 Å². The number of anilines is 1. The van der Waals surface area contributed by atoms with E-state index in [0.29, 0.717) is 12.2 Å². The topological polar surface area (TPSA) is 49.3 Å². The van der Waals surface area contributed by atoms with Crippen molar-refractivity contribution in [2.24, 2.45) is 0 Å². The first-order valence-corrected chi connectivity index (χ1v) is 7.61. The first-order chi connectivity index (χ1) is 9.08. The Kier molecular flexibility index (Phi) is 4.34. The van der Waals surface area contributed by atoms with Crippen molar-refractivity contribution in [3.05, 3.63) is 29.6 Å². The molecule has 0 aliphatic heterocycles. The van der Waals surface area contributed by atoms with E-state index in [1.165, 1.54) is 25.0 Å². The van der Waals surface area contributed by atoms with E-state index >= 15 is 0 Å². The van der Waals surface area contributed by atoms with Crippen LogP contribution >= 0.6 is 11.8 Å². The second-order valence-electron chi connectivity index (χ2n) is 4.92. The zero-order valence-electron chi connectivity index (χ0n) is 10.9. The van der Waals surface area contributed by atoms with Gasteiger partial charge >= 0.3 is 5.97 Å². The third kappa shape index (κ3) is 3.03. The number of nitrogens with one attached hydrogen (secondary N) is 1. The maximum absolute atomic E-state index is 13.6. The largest absolute Gasteiger partial charge is 0.478 e. The van der Waals surface area contributed by atoms with Gasteiger partial charge < -0.3 is 10.4 Å². The minimum Gasteiger partial charge on any atom is -0.478 e. The third-order valence-electron chi connectivity index (χ3n) is 3.78. The molecule has 104 valence electrons. The number of hydrogen-bond donors (Lipinski definition) is 2. The van der Waals surface area contributed by atoms with E-state index in [9.17, 15) is 9.18 Å². The van der Waals surface area contributed by atoms with Gasteiger partial charge in [-0.2, -0.15) is 11.8 Å². The zero-order chi connectivity index (χ0) is 13.9. The van der Waals surface area contributed by atoms with Gasteiger partial charge in [-0.15, -0.1) is 0 Å². The highest BCUT2D eigenvalue weighted by Gasteiger charge is 2.33. The van der Waals surface area contributed by atoms with Crippen LogP contribution in [0.15, 0.2) is 18.2 Å². The number of carboxylic acid groups (broad SMARTS) is 1. The Morgan fingerprint density at radius 2 is 2.16 bits per heavy atom. The monoisotopic (exact) mass is 283 g/mol. The summed E-state index contributed by atoms with van der Waals surface area (Å²) in [4.78, 5) is 11.1. The van der Waals surface area contributed by atoms with Gasteiger partial charge in [-0.1, -0.05) is 18.9 Å². The number of rotatable bonds is 5. The van der Waals surface area contributed by atoms with Crippen molar-refractivity contribution in [1.29, 1.82) is 0 Å². The third-order valence-corrected chi connectivity index (χ3v) is 5.19. The summed E-state index contributed by atoms with van der Waals surface area (Å²) in [5, 5.41) is 12.2. The first kappa shape index (κ1) is 14.2. The molecule has 1 aliphatic rings. The van der Waals surface area contributed by atoms with Gasteiger partial charge in [0.15, 0.2) is 0 Å². The van der Waals surface area contributed by atoms with Gasteiger partial charge in [-0.25, -0.2) is 9.18 Å². The molecule has 0 bridgehead atoms. The van der Waals surface area contributed by atoms with Crippen LogP contribution in [0.2, 0.25) is 0 Å². The Bertz CT molecular complexity index is 473. The second-order valence-corrected chi connectivity index (χ2v) is 6.19. The summed E-state index contributed by atoms with van der Waals surface area (Å²) in [5.41, 5.74) is 0.101. The molecule has 1 aromatic carbocycles. The van der Waals surface area contributed by atoms with Crippen LogP contribution in [0.5, 0.6) is 0 Å². The van der Waals surface area contributed by atoms with E-state index in [4.69, 9.17) is 5.11 Å². The number of aromatic carboxylic acids is 1. The molecule has 19 heavy (non-hydrogen) atoms. The molecule has 0 unspecified atom stereocenters. The van der Waals surface area contributed by atoms with Crippen LogP contribution in [0.1, 0.15) is 36.0 Å². The number of carboxylic acids is 1. The van der Waals surface area contributed by atoms with Crippen LogP contribution in [0.3, 0.4) is 0 Å². The van der Waals surface area contributed by atoms with Gasteiger partial charge in [0, 0.05) is 11.3 Å². The Balaban J connectivity index is 2.15. The number of thioether (sulfide) groups is 1. The Morgan fingerprint density at radius 1 is 1.47 bits per heavy atom. The quantitative estimate of drug-likeness (QED) is 0.866. The van der Waals surface area contributed by atoms with Crippen molar-refractivity contribution in [1.82, 2.24) is 0 Å². The summed E-state index contributed by atoms with van der Waals surface area (Å²) in [6, 6.07) is 4.33. The van der Waals surface area contributed by atoms with Gasteiger partial charge in [-0.05, 0) is 31.2 Å². The van der Waals surface area contributed by atoms with Crippen molar-refractivity contribution in [2.75, 3.05) is 18.1 Å². The van der Waals surface area contributed by atoms with Crippen LogP contribution in [0, 0.1) is 5.82 Å². The average molecular weight is 283 g/mol. The summed E-state index contributed by atoms with van der Waals surface area (Å²) < 4.78 is 13.7. The molecular weight excluding hydrogens is 265 g/mol. The van der Waals surface area contributed by atoms with Crippen LogP contribution in [0.4, 0.5) is 10.1 Å². The highest BCUT2D eigenvalue weighted by atomic mass is 32.2. The first-order valence-electron chi connectivity index (χ1n) is 6.39. The molecule has 0 heterocycles. The van der Waals surface area contributed by atoms with Crippen molar-refractivity contribution in [2.45, 2.75) is 30.4 Å². The van der Waals surface area contributed by atoms with Crippen molar-refractivity contribution < 1.29 is 14.3 Å². The standard InChI is InChI=1S/C14H18FNO2S/c1-19-14(7-2-3-8-14)9-16-11-6-4-5-10(15)12(11)13(17)18/h4-6,16H,2-3,7-9H2,1H3,(H,17,18). The lowest BCUT2D eigenvalue weighted by Crippen LogP contribution is -2.30. The molecule has 0 amide bonds. The second kappa shape index (κ2) is 5.82. The van der Waals surface area contributed by atoms with E-state index in [2.05, 4.69) is 11.6 Å². The molecule has 1 saturated carbocycles. The molecule has 3 nitrogen and oxygen atoms in total. The number of benzene rings is 1. The van der Waals surface area contributed by atoms with Gasteiger partial charge in [0.1, 0.15) is 11.4 Å². The van der Waals surface area contributed by atoms with Gasteiger partial charge in [0.25, 0.3) is 0 Å². The number of halogens is 1. The van der Waals surface area contributed by atoms with Gasteiger partial charge in [-0.3, -0.25) is 0 Å². The lowest BCUT2D eigenvalue weighted by atomic mass is 10.1. The highest BCUT2D eigenvalue weighted by molar-refractivity contribution is 8.00. The lowest BCUT2D eigenvalue weighted by Gasteiger charge is -2.27. The van der Waals surface area contributed by atoms with Crippen molar-refractivity contribution in [3.8, 4) is 0 Å². The molecule has 0 spiro atoms. The smallest absolute Gasteiger partial charge is 0.340 e. The summed E-state index contributed by atoms with van der Waals surface area (Å²) in [5.74, 6) is -1.92. The summed E-state index contributed by atoms with van der Waals surface area (Å²) in [6.45, 7) is 0.678. The summed E-state index contributed by atoms with van der Waals surface area (Å²) in [7, 11) is 0. The molecule has 5 heteroatoms. The maximum Gasteiger partial charge on any atom is 0.340 e. The van der Waals surface area contributed by atoms with Crippen LogP contribution < -0.4 is 5.32 Å². The Labute approximate surface area is 116 Å². The van der Waals surface area contributed by atoms with E-state index in [-0.39, 0.29) is 10.3 Å². The lowest BCUT2D eigenvalue weighted by molar-refractivity contribution is 0.0693. The predicted molar refractivity (Wildman–Crippen MR) is 76.6 cm³/mol. The molecule has 1 fully saturated rings. The van der Waals surface area contributed by atoms with E-state index < -0.39 is 11.8 Å². The highest BCUT2D eigenvalue weighted by Crippen LogP contribution is 2.40. The molecule has 1 aliphatic carbocycles. The average Bonchev–Trinajstić information content (AvgIpc) is 2.85.